The second-order valence-corrected chi connectivity index (χ2v) is 4.88. The molecule has 0 aromatic carbocycles. The maximum atomic E-state index is 5.73. The molecule has 2 saturated heterocycles. The molecule has 2 fully saturated rings. The van der Waals surface area contributed by atoms with Crippen LogP contribution in [0.5, 0.6) is 0 Å². The molecule has 1 aromatic rings. The Hall–Kier alpha value is -0.980. The molecule has 2 aliphatic heterocycles. The van der Waals surface area contributed by atoms with Crippen LogP contribution in [0.15, 0.2) is 6.33 Å². The van der Waals surface area contributed by atoms with E-state index in [0.717, 1.165) is 58.1 Å². The first-order valence-electron chi connectivity index (χ1n) is 6.68. The van der Waals surface area contributed by atoms with Crippen molar-refractivity contribution in [1.29, 1.82) is 0 Å². The second kappa shape index (κ2) is 4.95. The molecule has 0 amide bonds. The number of hydrogen-bond acceptors (Lipinski definition) is 5. The summed E-state index contributed by atoms with van der Waals surface area (Å²) in [4.78, 5) is 6.71. The van der Waals surface area contributed by atoms with Crippen LogP contribution in [0.25, 0.3) is 0 Å². The Morgan fingerprint density at radius 3 is 2.67 bits per heavy atom. The highest BCUT2D eigenvalue weighted by molar-refractivity contribution is 4.88. The van der Waals surface area contributed by atoms with E-state index in [-0.39, 0.29) is 5.79 Å². The van der Waals surface area contributed by atoms with Gasteiger partial charge in [-0.15, -0.1) is 0 Å². The fourth-order valence-electron chi connectivity index (χ4n) is 2.71. The maximum Gasteiger partial charge on any atom is 0.170 e. The van der Waals surface area contributed by atoms with Gasteiger partial charge in [-0.3, -0.25) is 4.90 Å². The Morgan fingerprint density at radius 1 is 1.28 bits per heavy atom. The highest BCUT2D eigenvalue weighted by Crippen LogP contribution is 2.31. The van der Waals surface area contributed by atoms with Crippen molar-refractivity contribution in [3.63, 3.8) is 0 Å². The number of piperidine rings is 1. The average molecular weight is 252 g/mol. The third-order valence-electron chi connectivity index (χ3n) is 3.79. The van der Waals surface area contributed by atoms with E-state index in [1.807, 2.05) is 4.68 Å². The SMILES string of the molecule is CCn1ncnc1CN1CCC2(CC1)OCCO2. The fourth-order valence-corrected chi connectivity index (χ4v) is 2.71. The highest BCUT2D eigenvalue weighted by Gasteiger charge is 2.39. The van der Waals surface area contributed by atoms with Crippen molar-refractivity contribution in [1.82, 2.24) is 19.7 Å². The lowest BCUT2D eigenvalue weighted by atomic mass is 10.0. The summed E-state index contributed by atoms with van der Waals surface area (Å²) >= 11 is 0. The highest BCUT2D eigenvalue weighted by atomic mass is 16.7. The fraction of sp³-hybridized carbons (Fsp3) is 0.833. The Bertz CT molecular complexity index is 391. The standard InChI is InChI=1S/C12H20N4O2/c1-2-16-11(13-10-14-16)9-15-5-3-12(4-6-15)17-7-8-18-12/h10H,2-9H2,1H3. The van der Waals surface area contributed by atoms with Crippen molar-refractivity contribution in [3.8, 4) is 0 Å². The molecule has 0 radical (unpaired) electrons. The Labute approximate surface area is 107 Å². The van der Waals surface area contributed by atoms with Gasteiger partial charge in [0, 0.05) is 32.5 Å². The summed E-state index contributed by atoms with van der Waals surface area (Å²) in [5.41, 5.74) is 0. The molecule has 3 rings (SSSR count). The molecule has 6 nitrogen and oxygen atoms in total. The minimum Gasteiger partial charge on any atom is -0.347 e. The van der Waals surface area contributed by atoms with Crippen LogP contribution in [0.1, 0.15) is 25.6 Å². The maximum absolute atomic E-state index is 5.73. The minimum atomic E-state index is -0.283. The summed E-state index contributed by atoms with van der Waals surface area (Å²) in [7, 11) is 0. The van der Waals surface area contributed by atoms with E-state index in [9.17, 15) is 0 Å². The van der Waals surface area contributed by atoms with Crippen LogP contribution in [-0.4, -0.2) is 51.8 Å². The number of ether oxygens (including phenoxy) is 2. The molecule has 18 heavy (non-hydrogen) atoms. The predicted octanol–water partition coefficient (Wildman–Crippen LogP) is 0.637. The third kappa shape index (κ3) is 2.28. The first-order chi connectivity index (χ1) is 8.81. The number of hydrogen-bond donors (Lipinski definition) is 0. The largest absolute Gasteiger partial charge is 0.347 e. The van der Waals surface area contributed by atoms with Crippen LogP contribution in [0.3, 0.4) is 0 Å². The molecule has 100 valence electrons. The van der Waals surface area contributed by atoms with Crippen molar-refractivity contribution in [2.75, 3.05) is 26.3 Å². The first-order valence-corrected chi connectivity index (χ1v) is 6.68. The predicted molar refractivity (Wildman–Crippen MR) is 64.8 cm³/mol. The molecule has 6 heteroatoms. The van der Waals surface area contributed by atoms with Gasteiger partial charge in [0.15, 0.2) is 5.79 Å². The van der Waals surface area contributed by atoms with Gasteiger partial charge in [-0.25, -0.2) is 9.67 Å². The summed E-state index contributed by atoms with van der Waals surface area (Å²) < 4.78 is 13.4. The molecule has 1 spiro atoms. The lowest BCUT2D eigenvalue weighted by Crippen LogP contribution is -2.45. The van der Waals surface area contributed by atoms with E-state index in [4.69, 9.17) is 9.47 Å². The number of rotatable bonds is 3. The zero-order valence-electron chi connectivity index (χ0n) is 10.8. The normalized spacial score (nSPS) is 23.8. The Kier molecular flexibility index (Phi) is 3.32. The van der Waals surface area contributed by atoms with Crippen molar-refractivity contribution < 1.29 is 9.47 Å². The lowest BCUT2D eigenvalue weighted by Gasteiger charge is -2.37. The number of nitrogens with zero attached hydrogens (tertiary/aromatic N) is 4. The van der Waals surface area contributed by atoms with Crippen LogP contribution in [-0.2, 0) is 22.6 Å². The van der Waals surface area contributed by atoms with E-state index in [2.05, 4.69) is 21.9 Å². The average Bonchev–Trinajstić information content (AvgIpc) is 3.02. The molecule has 0 saturated carbocycles. The van der Waals surface area contributed by atoms with Gasteiger partial charge in [0.25, 0.3) is 0 Å². The molecular formula is C12H20N4O2. The number of aryl methyl sites for hydroxylation is 1. The molecular weight excluding hydrogens is 232 g/mol. The van der Waals surface area contributed by atoms with Crippen LogP contribution in [0, 0.1) is 0 Å². The Balaban J connectivity index is 1.57. The van der Waals surface area contributed by atoms with Gasteiger partial charge in [-0.1, -0.05) is 0 Å². The van der Waals surface area contributed by atoms with E-state index in [1.54, 1.807) is 6.33 Å². The van der Waals surface area contributed by atoms with Gasteiger partial charge in [-0.2, -0.15) is 5.10 Å². The van der Waals surface area contributed by atoms with Gasteiger partial charge < -0.3 is 9.47 Å². The summed E-state index contributed by atoms with van der Waals surface area (Å²) in [5.74, 6) is 0.760. The monoisotopic (exact) mass is 252 g/mol. The molecule has 1 aromatic heterocycles. The Morgan fingerprint density at radius 2 is 2.00 bits per heavy atom. The molecule has 2 aliphatic rings. The van der Waals surface area contributed by atoms with E-state index in [1.165, 1.54) is 0 Å². The molecule has 0 bridgehead atoms. The molecule has 3 heterocycles. The molecule has 0 N–H and O–H groups in total. The third-order valence-corrected chi connectivity index (χ3v) is 3.79. The molecule has 0 atom stereocenters. The smallest absolute Gasteiger partial charge is 0.170 e. The molecule has 0 aliphatic carbocycles. The van der Waals surface area contributed by atoms with Crippen LogP contribution in [0.2, 0.25) is 0 Å². The first kappa shape index (κ1) is 12.1. The number of likely N-dealkylation sites (tertiary alicyclic amines) is 1. The summed E-state index contributed by atoms with van der Waals surface area (Å²) in [6, 6.07) is 0. The van der Waals surface area contributed by atoms with E-state index < -0.39 is 0 Å². The number of aromatic nitrogens is 3. The zero-order valence-corrected chi connectivity index (χ0v) is 10.8. The zero-order chi connectivity index (χ0) is 12.4. The van der Waals surface area contributed by atoms with Crippen LogP contribution < -0.4 is 0 Å². The van der Waals surface area contributed by atoms with Gasteiger partial charge in [0.1, 0.15) is 12.2 Å². The quantitative estimate of drug-likeness (QED) is 0.790. The summed E-state index contributed by atoms with van der Waals surface area (Å²) in [5, 5.41) is 4.20. The van der Waals surface area contributed by atoms with Crippen LogP contribution in [0.4, 0.5) is 0 Å². The van der Waals surface area contributed by atoms with Gasteiger partial charge in [0.2, 0.25) is 0 Å². The topological polar surface area (TPSA) is 52.4 Å². The van der Waals surface area contributed by atoms with Gasteiger partial charge in [0.05, 0.1) is 19.8 Å². The van der Waals surface area contributed by atoms with E-state index in [0.29, 0.717) is 0 Å². The molecule has 0 unspecified atom stereocenters. The lowest BCUT2D eigenvalue weighted by molar-refractivity contribution is -0.186. The summed E-state index contributed by atoms with van der Waals surface area (Å²) in [6.07, 6.45) is 3.54. The van der Waals surface area contributed by atoms with Gasteiger partial charge in [-0.05, 0) is 6.92 Å². The van der Waals surface area contributed by atoms with Crippen LogP contribution >= 0.6 is 0 Å². The summed E-state index contributed by atoms with van der Waals surface area (Å²) in [6.45, 7) is 7.30. The van der Waals surface area contributed by atoms with Gasteiger partial charge >= 0.3 is 0 Å². The van der Waals surface area contributed by atoms with Crippen molar-refractivity contribution in [3.05, 3.63) is 12.2 Å². The van der Waals surface area contributed by atoms with Crippen molar-refractivity contribution in [2.45, 2.75) is 38.6 Å². The van der Waals surface area contributed by atoms with Crippen molar-refractivity contribution >= 4 is 0 Å². The minimum absolute atomic E-state index is 0.283. The van der Waals surface area contributed by atoms with Crippen molar-refractivity contribution in [2.24, 2.45) is 0 Å². The van der Waals surface area contributed by atoms with E-state index >= 15 is 0 Å². The second-order valence-electron chi connectivity index (χ2n) is 4.88.